The number of halogens is 2. The van der Waals surface area contributed by atoms with Gasteiger partial charge in [-0.2, -0.15) is 0 Å². The fourth-order valence-corrected chi connectivity index (χ4v) is 5.15. The molecule has 4 aromatic rings. The summed E-state index contributed by atoms with van der Waals surface area (Å²) in [5.74, 6) is -0.116. The molecule has 1 fully saturated rings. The van der Waals surface area contributed by atoms with Crippen LogP contribution in [0.15, 0.2) is 66.7 Å². The van der Waals surface area contributed by atoms with Crippen molar-refractivity contribution >= 4 is 84.9 Å². The van der Waals surface area contributed by atoms with Crippen LogP contribution in [0.25, 0.3) is 10.2 Å². The Labute approximate surface area is 243 Å². The minimum atomic E-state index is -0.444. The van der Waals surface area contributed by atoms with Crippen LogP contribution in [0, 0.1) is 0 Å². The number of carbonyl (C=O) groups is 3. The zero-order valence-corrected chi connectivity index (χ0v) is 23.4. The van der Waals surface area contributed by atoms with Crippen molar-refractivity contribution in [1.82, 2.24) is 9.88 Å². The van der Waals surface area contributed by atoms with Crippen LogP contribution in [0.4, 0.5) is 31.8 Å². The Morgan fingerprint density at radius 2 is 1.62 bits per heavy atom. The van der Waals surface area contributed by atoms with E-state index < -0.39 is 6.03 Å². The number of benzene rings is 3. The smallest absolute Gasteiger partial charge is 0.326 e. The van der Waals surface area contributed by atoms with Gasteiger partial charge in [0.1, 0.15) is 6.61 Å². The first-order valence-electron chi connectivity index (χ1n) is 12.3. The molecule has 0 radical (unpaired) electrons. The normalized spacial score (nSPS) is 13.2. The monoisotopic (exact) mass is 598 g/mol. The Morgan fingerprint density at radius 3 is 2.30 bits per heavy atom. The molecule has 0 bridgehead atoms. The van der Waals surface area contributed by atoms with Crippen LogP contribution in [-0.4, -0.2) is 60.7 Å². The number of hydrogen-bond donors (Lipinski definition) is 3. The zero-order valence-electron chi connectivity index (χ0n) is 21.0. The third-order valence-corrected chi connectivity index (χ3v) is 7.46. The predicted molar refractivity (Wildman–Crippen MR) is 159 cm³/mol. The first kappa shape index (κ1) is 27.7. The lowest BCUT2D eigenvalue weighted by Crippen LogP contribution is -2.47. The van der Waals surface area contributed by atoms with Crippen molar-refractivity contribution < 1.29 is 19.1 Å². The largest absolute Gasteiger partial charge is 0.370 e. The third-order valence-electron chi connectivity index (χ3n) is 6.02. The molecule has 5 amide bonds. The maximum Gasteiger partial charge on any atom is 0.326 e. The highest BCUT2D eigenvalue weighted by atomic mass is 35.5. The van der Waals surface area contributed by atoms with Gasteiger partial charge in [0, 0.05) is 46.7 Å². The van der Waals surface area contributed by atoms with Crippen LogP contribution in [0.5, 0.6) is 0 Å². The van der Waals surface area contributed by atoms with E-state index in [9.17, 15) is 14.4 Å². The standard InChI is InChI=1S/C27H24Cl2N6O4S/c28-17-1-5-19(6-2-17)30-25(37)33-26-32-22-10-9-21(15-23(22)40-26)35(12-11-34-13-14-39-16-24(34)36)27(38)31-20-7-3-18(29)4-8-20/h1-10,15H,11-14,16H2,(H,31,38)(H2,30,32,33,37). The minimum Gasteiger partial charge on any atom is -0.370 e. The molecule has 0 spiro atoms. The van der Waals surface area contributed by atoms with Crippen LogP contribution < -0.4 is 20.9 Å². The molecule has 0 aliphatic carbocycles. The molecule has 0 saturated carbocycles. The molecule has 3 N–H and O–H groups in total. The van der Waals surface area contributed by atoms with E-state index in [4.69, 9.17) is 27.9 Å². The van der Waals surface area contributed by atoms with Crippen molar-refractivity contribution in [2.45, 2.75) is 0 Å². The van der Waals surface area contributed by atoms with Crippen LogP contribution >= 0.6 is 34.5 Å². The number of morpholine rings is 1. The number of aromatic nitrogens is 1. The van der Waals surface area contributed by atoms with Crippen molar-refractivity contribution in [3.05, 3.63) is 76.8 Å². The van der Waals surface area contributed by atoms with E-state index in [1.165, 1.54) is 11.3 Å². The molecule has 1 aliphatic heterocycles. The van der Waals surface area contributed by atoms with Gasteiger partial charge in [-0.3, -0.25) is 15.0 Å². The summed E-state index contributed by atoms with van der Waals surface area (Å²) in [5.41, 5.74) is 2.45. The Balaban J connectivity index is 1.33. The van der Waals surface area contributed by atoms with Gasteiger partial charge in [-0.25, -0.2) is 14.6 Å². The molecule has 1 aliphatic rings. The summed E-state index contributed by atoms with van der Waals surface area (Å²) in [6, 6.07) is 18.1. The van der Waals surface area contributed by atoms with Crippen molar-refractivity contribution in [3.63, 3.8) is 0 Å². The van der Waals surface area contributed by atoms with E-state index >= 15 is 0 Å². The lowest BCUT2D eigenvalue weighted by molar-refractivity contribution is -0.142. The first-order chi connectivity index (χ1) is 19.3. The van der Waals surface area contributed by atoms with Gasteiger partial charge in [0.2, 0.25) is 5.91 Å². The number of rotatable bonds is 7. The number of nitrogens with zero attached hydrogens (tertiary/aromatic N) is 3. The Bertz CT molecular complexity index is 1530. The number of carbonyl (C=O) groups excluding carboxylic acids is 3. The van der Waals surface area contributed by atoms with Crippen LogP contribution in [0.1, 0.15) is 0 Å². The number of amides is 5. The number of fused-ring (bicyclic) bond motifs is 1. The summed E-state index contributed by atoms with van der Waals surface area (Å²) in [7, 11) is 0. The topological polar surface area (TPSA) is 116 Å². The first-order valence-corrected chi connectivity index (χ1v) is 13.8. The fraction of sp³-hybridized carbons (Fsp3) is 0.185. The highest BCUT2D eigenvalue weighted by Gasteiger charge is 2.23. The molecule has 3 aromatic carbocycles. The molecule has 1 aromatic heterocycles. The molecular formula is C27H24Cl2N6O4S. The Kier molecular flexibility index (Phi) is 8.66. The molecule has 13 heteroatoms. The minimum absolute atomic E-state index is 0.0329. The zero-order chi connectivity index (χ0) is 28.1. The lowest BCUT2D eigenvalue weighted by Gasteiger charge is -2.30. The maximum atomic E-state index is 13.4. The van der Waals surface area contributed by atoms with E-state index in [1.807, 2.05) is 6.07 Å². The molecule has 0 unspecified atom stereocenters. The maximum absolute atomic E-state index is 13.4. The van der Waals surface area contributed by atoms with Crippen molar-refractivity contribution in [3.8, 4) is 0 Å². The number of nitrogens with one attached hydrogen (secondary N) is 3. The highest BCUT2D eigenvalue weighted by Crippen LogP contribution is 2.30. The van der Waals surface area contributed by atoms with Gasteiger partial charge in [-0.1, -0.05) is 34.5 Å². The molecule has 5 rings (SSSR count). The van der Waals surface area contributed by atoms with E-state index in [1.54, 1.807) is 70.5 Å². The molecule has 206 valence electrons. The van der Waals surface area contributed by atoms with Gasteiger partial charge in [0.15, 0.2) is 5.13 Å². The summed E-state index contributed by atoms with van der Waals surface area (Å²) < 4.78 is 5.98. The second-order valence-corrected chi connectivity index (χ2v) is 10.7. The van der Waals surface area contributed by atoms with Crippen molar-refractivity contribution in [1.29, 1.82) is 0 Å². The van der Waals surface area contributed by atoms with Gasteiger partial charge in [0.25, 0.3) is 0 Å². The highest BCUT2D eigenvalue weighted by molar-refractivity contribution is 7.22. The van der Waals surface area contributed by atoms with Crippen LogP contribution in [-0.2, 0) is 9.53 Å². The van der Waals surface area contributed by atoms with E-state index in [0.717, 1.165) is 4.70 Å². The van der Waals surface area contributed by atoms with Crippen molar-refractivity contribution in [2.75, 3.05) is 53.7 Å². The van der Waals surface area contributed by atoms with E-state index in [-0.39, 0.29) is 25.1 Å². The quantitative estimate of drug-likeness (QED) is 0.236. The van der Waals surface area contributed by atoms with Gasteiger partial charge in [-0.05, 0) is 66.7 Å². The summed E-state index contributed by atoms with van der Waals surface area (Å²) >= 11 is 13.2. The van der Waals surface area contributed by atoms with E-state index in [2.05, 4.69) is 20.9 Å². The van der Waals surface area contributed by atoms with Gasteiger partial charge >= 0.3 is 12.1 Å². The number of urea groups is 2. The fourth-order valence-electron chi connectivity index (χ4n) is 4.01. The summed E-state index contributed by atoms with van der Waals surface area (Å²) in [5, 5.41) is 9.89. The van der Waals surface area contributed by atoms with Crippen LogP contribution in [0.3, 0.4) is 0 Å². The number of ether oxygens (including phenoxy) is 1. The molecule has 0 atom stereocenters. The SMILES string of the molecule is O=C(Nc1ccc(Cl)cc1)Nc1nc2ccc(N(CCN3CCOCC3=O)C(=O)Nc3ccc(Cl)cc3)cc2s1. The second kappa shape index (κ2) is 12.5. The summed E-state index contributed by atoms with van der Waals surface area (Å²) in [4.78, 5) is 45.8. The van der Waals surface area contributed by atoms with E-state index in [0.29, 0.717) is 57.5 Å². The molecule has 10 nitrogen and oxygen atoms in total. The molecule has 40 heavy (non-hydrogen) atoms. The van der Waals surface area contributed by atoms with Crippen LogP contribution in [0.2, 0.25) is 10.0 Å². The van der Waals surface area contributed by atoms with Crippen molar-refractivity contribution in [2.24, 2.45) is 0 Å². The average Bonchev–Trinajstić information content (AvgIpc) is 3.34. The summed E-state index contributed by atoms with van der Waals surface area (Å²) in [6.45, 7) is 1.55. The van der Waals surface area contributed by atoms with Gasteiger partial charge in [-0.15, -0.1) is 0 Å². The number of anilines is 4. The molecule has 2 heterocycles. The molecular weight excluding hydrogens is 575 g/mol. The van der Waals surface area contributed by atoms with Gasteiger partial charge < -0.3 is 20.3 Å². The summed E-state index contributed by atoms with van der Waals surface area (Å²) in [6.07, 6.45) is 0. The number of hydrogen-bond acceptors (Lipinski definition) is 6. The Hall–Kier alpha value is -3.90. The second-order valence-electron chi connectivity index (χ2n) is 8.78. The van der Waals surface area contributed by atoms with Gasteiger partial charge in [0.05, 0.1) is 16.8 Å². The Morgan fingerprint density at radius 1 is 0.950 bits per heavy atom. The lowest BCUT2D eigenvalue weighted by atomic mass is 10.2. The number of thiazole rings is 1. The predicted octanol–water partition coefficient (Wildman–Crippen LogP) is 6.14. The average molecular weight is 600 g/mol. The molecule has 1 saturated heterocycles. The third kappa shape index (κ3) is 6.99.